The van der Waals surface area contributed by atoms with E-state index in [1.165, 1.54) is 5.56 Å². The molecule has 5 nitrogen and oxygen atoms in total. The molecule has 112 valence electrons. The van der Waals surface area contributed by atoms with Crippen LogP contribution in [0.1, 0.15) is 42.6 Å². The van der Waals surface area contributed by atoms with Crippen molar-refractivity contribution in [3.05, 3.63) is 41.3 Å². The zero-order valence-corrected chi connectivity index (χ0v) is 12.7. The number of carbonyl (C=O) groups is 1. The molecule has 0 unspecified atom stereocenters. The number of aromatic nitrogens is 2. The molecule has 0 aliphatic carbocycles. The minimum atomic E-state index is -0.478. The van der Waals surface area contributed by atoms with Crippen LogP contribution in [0.5, 0.6) is 0 Å². The van der Waals surface area contributed by atoms with Gasteiger partial charge in [-0.3, -0.25) is 4.57 Å². The van der Waals surface area contributed by atoms with E-state index < -0.39 is 5.97 Å². The second-order valence-electron chi connectivity index (χ2n) is 4.69. The molecular formula is C16H21N3O2. The van der Waals surface area contributed by atoms with Gasteiger partial charge >= 0.3 is 5.97 Å². The summed E-state index contributed by atoms with van der Waals surface area (Å²) in [4.78, 5) is 16.2. The van der Waals surface area contributed by atoms with E-state index in [2.05, 4.69) is 24.0 Å². The first-order valence-corrected chi connectivity index (χ1v) is 7.25. The predicted octanol–water partition coefficient (Wildman–Crippen LogP) is 2.76. The Labute approximate surface area is 124 Å². The zero-order chi connectivity index (χ0) is 15.4. The molecule has 0 amide bonds. The molecule has 2 N–H and O–H groups in total. The number of rotatable bonds is 5. The van der Waals surface area contributed by atoms with Crippen molar-refractivity contribution in [3.63, 3.8) is 0 Å². The third kappa shape index (κ3) is 2.91. The lowest BCUT2D eigenvalue weighted by atomic mass is 10.1. The van der Waals surface area contributed by atoms with E-state index in [4.69, 9.17) is 10.5 Å². The maximum Gasteiger partial charge on any atom is 0.360 e. The quantitative estimate of drug-likeness (QED) is 0.858. The zero-order valence-electron chi connectivity index (χ0n) is 12.7. The number of nitrogens with zero attached hydrogens (tertiary/aromatic N) is 2. The monoisotopic (exact) mass is 287 g/mol. The molecular weight excluding hydrogens is 266 g/mol. The molecule has 1 aromatic carbocycles. The van der Waals surface area contributed by atoms with Crippen molar-refractivity contribution in [2.45, 2.75) is 33.6 Å². The van der Waals surface area contributed by atoms with Gasteiger partial charge in [0.15, 0.2) is 5.69 Å². The number of carbonyl (C=O) groups excluding carboxylic acids is 1. The highest BCUT2D eigenvalue weighted by Crippen LogP contribution is 2.22. The molecule has 2 aromatic rings. The Morgan fingerprint density at radius 3 is 2.38 bits per heavy atom. The van der Waals surface area contributed by atoms with Crippen LogP contribution in [0.2, 0.25) is 0 Å². The number of benzene rings is 1. The number of anilines is 1. The van der Waals surface area contributed by atoms with Crippen LogP contribution in [0.15, 0.2) is 24.3 Å². The van der Waals surface area contributed by atoms with Gasteiger partial charge in [-0.1, -0.05) is 26.0 Å². The number of nitrogen functional groups attached to an aromatic ring is 1. The number of nitrogens with two attached hydrogens (primary N) is 1. The van der Waals surface area contributed by atoms with E-state index in [1.807, 2.05) is 23.6 Å². The molecule has 0 spiro atoms. The summed E-state index contributed by atoms with van der Waals surface area (Å²) in [6.45, 7) is 6.15. The number of hydrogen-bond acceptors (Lipinski definition) is 4. The van der Waals surface area contributed by atoms with E-state index in [1.54, 1.807) is 6.92 Å². The van der Waals surface area contributed by atoms with Gasteiger partial charge < -0.3 is 10.5 Å². The van der Waals surface area contributed by atoms with Gasteiger partial charge in [0.1, 0.15) is 11.6 Å². The van der Waals surface area contributed by atoms with Crippen LogP contribution in [0.3, 0.4) is 0 Å². The molecule has 0 bridgehead atoms. The number of imidazole rings is 1. The Kier molecular flexibility index (Phi) is 4.62. The molecule has 2 rings (SSSR count). The van der Waals surface area contributed by atoms with Gasteiger partial charge in [0, 0.05) is 12.1 Å². The summed E-state index contributed by atoms with van der Waals surface area (Å²) in [6.07, 6.45) is 1.66. The molecule has 0 radical (unpaired) electrons. The van der Waals surface area contributed by atoms with E-state index in [0.717, 1.165) is 17.9 Å². The topological polar surface area (TPSA) is 70.1 Å². The largest absolute Gasteiger partial charge is 0.461 e. The lowest BCUT2D eigenvalue weighted by Gasteiger charge is -2.09. The van der Waals surface area contributed by atoms with Crippen molar-refractivity contribution in [1.29, 1.82) is 0 Å². The normalized spacial score (nSPS) is 10.6. The fraction of sp³-hybridized carbons (Fsp3) is 0.375. The third-order valence-corrected chi connectivity index (χ3v) is 3.37. The summed E-state index contributed by atoms with van der Waals surface area (Å²) >= 11 is 0. The summed E-state index contributed by atoms with van der Waals surface area (Å²) in [5, 5.41) is 0. The first kappa shape index (κ1) is 15.1. The van der Waals surface area contributed by atoms with Gasteiger partial charge in [0.2, 0.25) is 0 Å². The Morgan fingerprint density at radius 1 is 1.19 bits per heavy atom. The summed E-state index contributed by atoms with van der Waals surface area (Å²) in [6, 6.07) is 8.09. The Morgan fingerprint density at radius 2 is 1.86 bits per heavy atom. The van der Waals surface area contributed by atoms with Crippen LogP contribution in [0.25, 0.3) is 5.69 Å². The van der Waals surface area contributed by atoms with E-state index in [0.29, 0.717) is 18.8 Å². The van der Waals surface area contributed by atoms with Crippen molar-refractivity contribution < 1.29 is 9.53 Å². The van der Waals surface area contributed by atoms with Crippen molar-refractivity contribution in [2.24, 2.45) is 0 Å². The maximum atomic E-state index is 11.9. The van der Waals surface area contributed by atoms with Gasteiger partial charge in [0.05, 0.1) is 6.61 Å². The highest BCUT2D eigenvalue weighted by molar-refractivity contribution is 5.92. The molecule has 0 fully saturated rings. The third-order valence-electron chi connectivity index (χ3n) is 3.37. The fourth-order valence-corrected chi connectivity index (χ4v) is 2.24. The van der Waals surface area contributed by atoms with Crippen molar-refractivity contribution in [2.75, 3.05) is 12.3 Å². The number of ether oxygens (including phenoxy) is 1. The van der Waals surface area contributed by atoms with Gasteiger partial charge in [-0.05, 0) is 31.0 Å². The lowest BCUT2D eigenvalue weighted by molar-refractivity contribution is 0.0521. The Bertz CT molecular complexity index is 630. The van der Waals surface area contributed by atoms with Crippen LogP contribution in [0.4, 0.5) is 5.82 Å². The molecule has 0 saturated heterocycles. The van der Waals surface area contributed by atoms with Crippen molar-refractivity contribution >= 4 is 11.8 Å². The summed E-state index contributed by atoms with van der Waals surface area (Å²) in [5.74, 6) is 0.600. The molecule has 5 heteroatoms. The minimum Gasteiger partial charge on any atom is -0.461 e. The van der Waals surface area contributed by atoms with Crippen LogP contribution in [-0.4, -0.2) is 22.1 Å². The number of esters is 1. The second kappa shape index (κ2) is 6.43. The lowest BCUT2D eigenvalue weighted by Crippen LogP contribution is -2.09. The number of aryl methyl sites for hydroxylation is 2. The summed E-state index contributed by atoms with van der Waals surface area (Å²) in [7, 11) is 0. The SMILES string of the molecule is CCOC(=O)c1nc(CC)n(-c2ccc(CC)cc2)c1N. The maximum absolute atomic E-state index is 11.9. The predicted molar refractivity (Wildman–Crippen MR) is 82.7 cm³/mol. The molecule has 1 heterocycles. The molecule has 0 aliphatic heterocycles. The highest BCUT2D eigenvalue weighted by atomic mass is 16.5. The van der Waals surface area contributed by atoms with Crippen LogP contribution >= 0.6 is 0 Å². The van der Waals surface area contributed by atoms with Crippen LogP contribution < -0.4 is 5.73 Å². The standard InChI is InChI=1S/C16H21N3O2/c1-4-11-7-9-12(10-8-11)19-13(5-2)18-14(15(19)17)16(20)21-6-3/h7-10H,4-6,17H2,1-3H3. The van der Waals surface area contributed by atoms with Crippen LogP contribution in [-0.2, 0) is 17.6 Å². The first-order valence-electron chi connectivity index (χ1n) is 7.25. The smallest absolute Gasteiger partial charge is 0.360 e. The Balaban J connectivity index is 2.48. The molecule has 0 atom stereocenters. The molecule has 1 aromatic heterocycles. The fourth-order valence-electron chi connectivity index (χ4n) is 2.24. The first-order chi connectivity index (χ1) is 10.1. The van der Waals surface area contributed by atoms with Gasteiger partial charge in [-0.2, -0.15) is 0 Å². The summed E-state index contributed by atoms with van der Waals surface area (Å²) < 4.78 is 6.81. The average molecular weight is 287 g/mol. The van der Waals surface area contributed by atoms with Crippen molar-refractivity contribution in [3.8, 4) is 5.69 Å². The Hall–Kier alpha value is -2.30. The van der Waals surface area contributed by atoms with E-state index in [9.17, 15) is 4.79 Å². The molecule has 0 aliphatic rings. The second-order valence-corrected chi connectivity index (χ2v) is 4.69. The van der Waals surface area contributed by atoms with Gasteiger partial charge in [0.25, 0.3) is 0 Å². The van der Waals surface area contributed by atoms with Crippen LogP contribution in [0, 0.1) is 0 Å². The summed E-state index contributed by atoms with van der Waals surface area (Å²) in [5.41, 5.74) is 8.46. The van der Waals surface area contributed by atoms with Gasteiger partial charge in [-0.15, -0.1) is 0 Å². The number of hydrogen-bond donors (Lipinski definition) is 1. The highest BCUT2D eigenvalue weighted by Gasteiger charge is 2.21. The van der Waals surface area contributed by atoms with Gasteiger partial charge in [-0.25, -0.2) is 9.78 Å². The van der Waals surface area contributed by atoms with Crippen molar-refractivity contribution in [1.82, 2.24) is 9.55 Å². The minimum absolute atomic E-state index is 0.188. The molecule has 21 heavy (non-hydrogen) atoms. The van der Waals surface area contributed by atoms with E-state index >= 15 is 0 Å². The molecule has 0 saturated carbocycles. The van der Waals surface area contributed by atoms with E-state index in [-0.39, 0.29) is 5.69 Å². The average Bonchev–Trinajstić information content (AvgIpc) is 2.84.